The molecule has 36 heavy (non-hydrogen) atoms. The van der Waals surface area contributed by atoms with Crippen molar-refractivity contribution in [2.45, 2.75) is 122 Å². The van der Waals surface area contributed by atoms with E-state index in [9.17, 15) is 19.8 Å². The van der Waals surface area contributed by atoms with Crippen LogP contribution in [-0.2, 0) is 30.8 Å². The van der Waals surface area contributed by atoms with Crippen LogP contribution in [-0.4, -0.2) is 57.4 Å². The Hall–Kier alpha value is -1.35. The summed E-state index contributed by atoms with van der Waals surface area (Å²) in [6.07, 6.45) is 3.16. The van der Waals surface area contributed by atoms with Gasteiger partial charge < -0.3 is 25.0 Å². The number of ketones is 1. The number of allylic oxidation sites excluding steroid dienone is 1. The molecule has 204 valence electrons. The van der Waals surface area contributed by atoms with E-state index in [0.717, 1.165) is 37.0 Å². The van der Waals surface area contributed by atoms with Crippen molar-refractivity contribution in [2.75, 3.05) is 0 Å². The van der Waals surface area contributed by atoms with E-state index in [1.165, 1.54) is 11.8 Å². The van der Waals surface area contributed by atoms with Crippen molar-refractivity contribution in [2.24, 2.45) is 17.3 Å². The molecular weight excluding hydrogens is 478 g/mol. The summed E-state index contributed by atoms with van der Waals surface area (Å²) in [5.74, 6) is -1.50. The first-order valence-electron chi connectivity index (χ1n) is 13.4. The molecule has 0 aliphatic carbocycles. The van der Waals surface area contributed by atoms with Gasteiger partial charge in [-0.1, -0.05) is 41.0 Å². The van der Waals surface area contributed by atoms with Crippen molar-refractivity contribution in [3.63, 3.8) is 0 Å². The number of carbonyl (C=O) groups is 2. The van der Waals surface area contributed by atoms with Crippen molar-refractivity contribution in [1.29, 1.82) is 0 Å². The molecule has 2 fully saturated rings. The second-order valence-corrected chi connectivity index (χ2v) is 13.0. The van der Waals surface area contributed by atoms with Crippen LogP contribution in [0.4, 0.5) is 0 Å². The maximum Gasteiger partial charge on any atom is 0.309 e. The number of nitrogens with one attached hydrogen (secondary N) is 1. The van der Waals surface area contributed by atoms with Gasteiger partial charge in [0.05, 0.1) is 41.4 Å². The quantitative estimate of drug-likeness (QED) is 0.224. The van der Waals surface area contributed by atoms with Crippen molar-refractivity contribution in [3.8, 4) is 0 Å². The topological polar surface area (TPSA) is 108 Å². The Morgan fingerprint density at radius 3 is 2.56 bits per heavy atom. The molecule has 4 unspecified atom stereocenters. The fourth-order valence-electron chi connectivity index (χ4n) is 5.58. The molecule has 0 aromatic heterocycles. The van der Waals surface area contributed by atoms with Gasteiger partial charge in [-0.05, 0) is 43.8 Å². The summed E-state index contributed by atoms with van der Waals surface area (Å²) < 4.78 is 12.2. The molecule has 3 aliphatic heterocycles. The molecule has 0 bridgehead atoms. The van der Waals surface area contributed by atoms with Crippen molar-refractivity contribution >= 4 is 23.5 Å². The molecule has 3 rings (SSSR count). The second kappa shape index (κ2) is 11.6. The third-order valence-electron chi connectivity index (χ3n) is 8.51. The number of aliphatic hydroxyl groups is 2. The number of hydrogen-bond acceptors (Lipinski definition) is 7. The summed E-state index contributed by atoms with van der Waals surface area (Å²) in [6.45, 7) is 13.1. The number of hydrogen-bond donors (Lipinski definition) is 3. The molecule has 7 nitrogen and oxygen atoms in total. The van der Waals surface area contributed by atoms with E-state index in [1.54, 1.807) is 20.8 Å². The first kappa shape index (κ1) is 29.2. The highest BCUT2D eigenvalue weighted by Crippen LogP contribution is 2.47. The summed E-state index contributed by atoms with van der Waals surface area (Å²) in [4.78, 5) is 26.3. The Labute approximate surface area is 220 Å². The fraction of sp³-hybridized carbons (Fsp3) is 0.786. The lowest BCUT2D eigenvalue weighted by Gasteiger charge is -2.34. The van der Waals surface area contributed by atoms with E-state index < -0.39 is 35.6 Å². The number of Topliss-reactive ketones (excluding diaryl/α,β-unsaturated/α-hetero) is 1. The van der Waals surface area contributed by atoms with E-state index in [2.05, 4.69) is 24.6 Å². The number of aliphatic hydroxyl groups excluding tert-OH is 2. The third kappa shape index (κ3) is 6.55. The maximum atomic E-state index is 13.3. The van der Waals surface area contributed by atoms with Gasteiger partial charge >= 0.3 is 5.97 Å². The second-order valence-electron chi connectivity index (χ2n) is 11.6. The van der Waals surface area contributed by atoms with Gasteiger partial charge in [0.25, 0.3) is 0 Å². The predicted octanol–water partition coefficient (Wildman–Crippen LogP) is 3.55. The monoisotopic (exact) mass is 524 g/mol. The van der Waals surface area contributed by atoms with E-state index in [4.69, 9.17) is 9.47 Å². The number of fused-ring (bicyclic) bond motifs is 1. The van der Waals surface area contributed by atoms with Gasteiger partial charge in [0, 0.05) is 31.0 Å². The Bertz CT molecular complexity index is 885. The highest BCUT2D eigenvalue weighted by molar-refractivity contribution is 7.82. The van der Waals surface area contributed by atoms with E-state index in [0.29, 0.717) is 11.8 Å². The number of esters is 1. The van der Waals surface area contributed by atoms with Crippen LogP contribution >= 0.6 is 0 Å². The fourth-order valence-corrected chi connectivity index (χ4v) is 6.34. The number of cyclic esters (lactones) is 1. The van der Waals surface area contributed by atoms with Crippen molar-refractivity contribution in [1.82, 2.24) is 5.32 Å². The molecule has 3 N–H and O–H groups in total. The molecule has 0 aromatic rings. The standard InChI is InChI=1S/C28H45NO6S/c1-8-28-11-9-10-16(2)25(32)18(4)26(33)27(6,7)22(30)14-24(31)34-21(13-23(28)35-28)17(3)12-20-15-36-19(5)29-20/h12,15-16,18-19,21-23,25,29-30,32H,8-11,13-14H2,1-7H3/p+1/b17-12+/t16-,18+,19?,21?,22+,23?,25?,28+/m0/s1. The Morgan fingerprint density at radius 2 is 1.94 bits per heavy atom. The van der Waals surface area contributed by atoms with Crippen molar-refractivity contribution in [3.05, 3.63) is 22.8 Å². The van der Waals surface area contributed by atoms with Crippen LogP contribution in [0.3, 0.4) is 0 Å². The molecule has 0 saturated carbocycles. The molecule has 0 spiro atoms. The zero-order chi connectivity index (χ0) is 26.8. The van der Waals surface area contributed by atoms with Crippen LogP contribution in [0.2, 0.25) is 0 Å². The number of thiol groups is 1. The van der Waals surface area contributed by atoms with Gasteiger partial charge in [0.15, 0.2) is 5.37 Å². The third-order valence-corrected chi connectivity index (χ3v) is 9.51. The van der Waals surface area contributed by atoms with Gasteiger partial charge in [0.2, 0.25) is 0 Å². The lowest BCUT2D eigenvalue weighted by Crippen LogP contribution is -2.45. The average Bonchev–Trinajstić information content (AvgIpc) is 3.35. The summed E-state index contributed by atoms with van der Waals surface area (Å²) >= 11 is 1.20. The van der Waals surface area contributed by atoms with Gasteiger partial charge in [-0.3, -0.25) is 9.59 Å². The largest absolute Gasteiger partial charge is 0.458 e. The Morgan fingerprint density at radius 1 is 1.25 bits per heavy atom. The number of carbonyl (C=O) groups excluding carboxylic acids is 2. The summed E-state index contributed by atoms with van der Waals surface area (Å²) in [5.41, 5.74) is 0.495. The molecule has 3 heterocycles. The molecular formula is C28H46NO6S+. The maximum absolute atomic E-state index is 13.3. The van der Waals surface area contributed by atoms with Gasteiger partial charge in [0.1, 0.15) is 17.3 Å². The van der Waals surface area contributed by atoms with Gasteiger partial charge in [-0.25, -0.2) is 0 Å². The van der Waals surface area contributed by atoms with E-state index >= 15 is 0 Å². The smallest absolute Gasteiger partial charge is 0.309 e. The zero-order valence-electron chi connectivity index (χ0n) is 22.9. The first-order chi connectivity index (χ1) is 16.8. The highest BCUT2D eigenvalue weighted by atomic mass is 32.2. The molecule has 0 radical (unpaired) electrons. The Balaban J connectivity index is 1.86. The average molecular weight is 525 g/mol. The molecule has 8 atom stereocenters. The predicted molar refractivity (Wildman–Crippen MR) is 143 cm³/mol. The van der Waals surface area contributed by atoms with Crippen molar-refractivity contribution < 1.29 is 29.3 Å². The molecule has 8 heteroatoms. The summed E-state index contributed by atoms with van der Waals surface area (Å²) in [6, 6.07) is 0. The first-order valence-corrected chi connectivity index (χ1v) is 14.5. The van der Waals surface area contributed by atoms with Gasteiger partial charge in [-0.2, -0.15) is 0 Å². The lowest BCUT2D eigenvalue weighted by atomic mass is 9.73. The van der Waals surface area contributed by atoms with Gasteiger partial charge in [-0.15, -0.1) is 0 Å². The van der Waals surface area contributed by atoms with Crippen LogP contribution in [0.5, 0.6) is 0 Å². The SMILES string of the molecule is CC[C@@]12CCC[C@H](C)C(O)[C@@H](C)C(=O)C(C)(C)[C@H](O)CC(=O)OC(/C(C)=C/C3=C[SH+]C(C)N3)CC1O2. The number of epoxide rings is 1. The van der Waals surface area contributed by atoms with Crippen LogP contribution in [0.25, 0.3) is 0 Å². The zero-order valence-corrected chi connectivity index (χ0v) is 23.8. The van der Waals surface area contributed by atoms with Crippen LogP contribution in [0.15, 0.2) is 22.8 Å². The minimum atomic E-state index is -1.22. The molecule has 2 saturated heterocycles. The molecule has 0 amide bonds. The number of ether oxygens (including phenoxy) is 2. The Kier molecular flexibility index (Phi) is 9.40. The van der Waals surface area contributed by atoms with E-state index in [1.807, 2.05) is 19.9 Å². The lowest BCUT2D eigenvalue weighted by molar-refractivity contribution is -0.154. The van der Waals surface area contributed by atoms with Crippen LogP contribution in [0, 0.1) is 17.3 Å². The van der Waals surface area contributed by atoms with E-state index in [-0.39, 0.29) is 29.8 Å². The summed E-state index contributed by atoms with van der Waals surface area (Å²) in [5, 5.41) is 27.7. The highest BCUT2D eigenvalue weighted by Gasteiger charge is 2.55. The molecule has 3 aliphatic rings. The normalized spacial score (nSPS) is 40.6. The molecule has 0 aromatic carbocycles. The van der Waals surface area contributed by atoms with Crippen LogP contribution < -0.4 is 5.32 Å². The number of rotatable bonds is 3. The minimum Gasteiger partial charge on any atom is -0.458 e. The summed E-state index contributed by atoms with van der Waals surface area (Å²) in [7, 11) is 0. The van der Waals surface area contributed by atoms with Crippen LogP contribution in [0.1, 0.15) is 87.0 Å². The minimum absolute atomic E-state index is 0.0128.